The summed E-state index contributed by atoms with van der Waals surface area (Å²) in [6.07, 6.45) is 0.0584. The van der Waals surface area contributed by atoms with E-state index in [1.54, 1.807) is 12.1 Å². The molecule has 0 bridgehead atoms. The van der Waals surface area contributed by atoms with E-state index in [0.717, 1.165) is 16.3 Å². The summed E-state index contributed by atoms with van der Waals surface area (Å²) in [5.41, 5.74) is 3.57. The SMILES string of the molecule is Cc1ccc(NC(=S)Nc2cccc(SC(C)C(=O)NC3=NN(c4ccccc4)C(=O)C3)c2)cc1. The maximum absolute atomic E-state index is 12.8. The standard InChI is InChI=1S/C26H25N5O2S2/c1-17-11-13-19(14-12-17)27-26(34)28-20-7-6-10-22(15-20)35-18(2)25(33)29-23-16-24(32)31(30-23)21-8-4-3-5-9-21/h3-15,18H,16H2,1-2H3,(H2,27,28,34)(H,29,30,33). The molecule has 3 N–H and O–H groups in total. The zero-order chi connectivity index (χ0) is 24.8. The lowest BCUT2D eigenvalue weighted by Gasteiger charge is -2.14. The van der Waals surface area contributed by atoms with Crippen LogP contribution in [0.25, 0.3) is 0 Å². The number of hydrazone groups is 1. The summed E-state index contributed by atoms with van der Waals surface area (Å²) in [5, 5.41) is 14.8. The van der Waals surface area contributed by atoms with Crippen molar-refractivity contribution in [1.82, 2.24) is 5.32 Å². The van der Waals surface area contributed by atoms with Crippen LogP contribution in [-0.2, 0) is 9.59 Å². The van der Waals surface area contributed by atoms with Crippen LogP contribution in [0.5, 0.6) is 0 Å². The lowest BCUT2D eigenvalue weighted by molar-refractivity contribution is -0.118. The Morgan fingerprint density at radius 3 is 2.43 bits per heavy atom. The minimum absolute atomic E-state index is 0.0584. The number of carbonyl (C=O) groups excluding carboxylic acids is 2. The van der Waals surface area contributed by atoms with Crippen LogP contribution >= 0.6 is 24.0 Å². The van der Waals surface area contributed by atoms with Crippen molar-refractivity contribution in [2.75, 3.05) is 15.6 Å². The summed E-state index contributed by atoms with van der Waals surface area (Å²) in [6.45, 7) is 3.85. The fourth-order valence-electron chi connectivity index (χ4n) is 3.35. The molecule has 9 heteroatoms. The molecule has 1 aliphatic rings. The summed E-state index contributed by atoms with van der Waals surface area (Å²) in [7, 11) is 0. The number of benzene rings is 3. The third kappa shape index (κ3) is 6.68. The number of amidine groups is 1. The number of para-hydroxylation sites is 1. The van der Waals surface area contributed by atoms with E-state index in [-0.39, 0.29) is 18.2 Å². The van der Waals surface area contributed by atoms with Crippen molar-refractivity contribution < 1.29 is 9.59 Å². The Kier molecular flexibility index (Phi) is 7.79. The first-order chi connectivity index (χ1) is 16.9. The zero-order valence-corrected chi connectivity index (χ0v) is 21.0. The Hall–Kier alpha value is -3.69. The molecule has 1 heterocycles. The molecular formula is C26H25N5O2S2. The van der Waals surface area contributed by atoms with Gasteiger partial charge in [0.05, 0.1) is 17.4 Å². The second-order valence-electron chi connectivity index (χ2n) is 7.99. The average molecular weight is 504 g/mol. The molecule has 7 nitrogen and oxygen atoms in total. The lowest BCUT2D eigenvalue weighted by atomic mass is 10.2. The minimum Gasteiger partial charge on any atom is -0.332 e. The molecule has 0 spiro atoms. The molecule has 0 saturated carbocycles. The van der Waals surface area contributed by atoms with Gasteiger partial charge >= 0.3 is 0 Å². The Morgan fingerprint density at radius 1 is 0.971 bits per heavy atom. The number of rotatable bonds is 6. The van der Waals surface area contributed by atoms with Crippen LogP contribution in [-0.4, -0.2) is 28.0 Å². The van der Waals surface area contributed by atoms with Crippen LogP contribution < -0.4 is 21.0 Å². The van der Waals surface area contributed by atoms with Crippen molar-refractivity contribution in [2.45, 2.75) is 30.4 Å². The number of aryl methyl sites for hydroxylation is 1. The van der Waals surface area contributed by atoms with Crippen LogP contribution in [0.15, 0.2) is 88.9 Å². The lowest BCUT2D eigenvalue weighted by Crippen LogP contribution is -2.35. The van der Waals surface area contributed by atoms with Gasteiger partial charge in [-0.2, -0.15) is 10.1 Å². The fourth-order valence-corrected chi connectivity index (χ4v) is 4.51. The topological polar surface area (TPSA) is 85.8 Å². The number of hydrogen-bond donors (Lipinski definition) is 3. The number of amides is 2. The maximum Gasteiger partial charge on any atom is 0.255 e. The number of thioether (sulfide) groups is 1. The maximum atomic E-state index is 12.8. The van der Waals surface area contributed by atoms with Crippen LogP contribution in [0, 0.1) is 6.92 Å². The number of thiocarbonyl (C=S) groups is 1. The first kappa shape index (κ1) is 24.4. The highest BCUT2D eigenvalue weighted by atomic mass is 32.2. The summed E-state index contributed by atoms with van der Waals surface area (Å²) in [5.74, 6) is -0.0496. The highest BCUT2D eigenvalue weighted by Crippen LogP contribution is 2.26. The van der Waals surface area contributed by atoms with Gasteiger partial charge in [0.25, 0.3) is 5.91 Å². The molecule has 0 radical (unpaired) electrons. The molecule has 0 aliphatic carbocycles. The average Bonchev–Trinajstić information content (AvgIpc) is 3.21. The van der Waals surface area contributed by atoms with E-state index in [0.29, 0.717) is 16.6 Å². The molecule has 1 unspecified atom stereocenters. The Balaban J connectivity index is 1.32. The van der Waals surface area contributed by atoms with E-state index < -0.39 is 5.25 Å². The van der Waals surface area contributed by atoms with Gasteiger partial charge in [-0.1, -0.05) is 42.0 Å². The number of hydrogen-bond acceptors (Lipinski definition) is 5. The fraction of sp³-hybridized carbons (Fsp3) is 0.154. The van der Waals surface area contributed by atoms with Crippen molar-refractivity contribution in [3.63, 3.8) is 0 Å². The summed E-state index contributed by atoms with van der Waals surface area (Å²) in [4.78, 5) is 26.0. The molecule has 35 heavy (non-hydrogen) atoms. The molecular weight excluding hydrogens is 478 g/mol. The molecule has 0 saturated heterocycles. The molecule has 3 aromatic carbocycles. The highest BCUT2D eigenvalue weighted by Gasteiger charge is 2.27. The van der Waals surface area contributed by atoms with Gasteiger partial charge in [0.1, 0.15) is 5.84 Å². The third-order valence-corrected chi connectivity index (χ3v) is 6.43. The number of nitrogens with one attached hydrogen (secondary N) is 3. The highest BCUT2D eigenvalue weighted by molar-refractivity contribution is 8.00. The zero-order valence-electron chi connectivity index (χ0n) is 19.3. The van der Waals surface area contributed by atoms with Gasteiger partial charge in [-0.05, 0) is 68.5 Å². The first-order valence-electron chi connectivity index (χ1n) is 11.0. The Morgan fingerprint density at radius 2 is 1.69 bits per heavy atom. The third-order valence-electron chi connectivity index (χ3n) is 5.13. The van der Waals surface area contributed by atoms with Gasteiger partial charge in [0.2, 0.25) is 5.91 Å². The summed E-state index contributed by atoms with van der Waals surface area (Å²) in [6, 6.07) is 24.8. The first-order valence-corrected chi connectivity index (χ1v) is 12.3. The molecule has 3 aromatic rings. The van der Waals surface area contributed by atoms with Gasteiger partial charge in [-0.25, -0.2) is 0 Å². The van der Waals surface area contributed by atoms with E-state index in [2.05, 4.69) is 21.1 Å². The van der Waals surface area contributed by atoms with Gasteiger partial charge < -0.3 is 16.0 Å². The van der Waals surface area contributed by atoms with Gasteiger partial charge in [0.15, 0.2) is 5.11 Å². The van der Waals surface area contributed by atoms with E-state index in [1.807, 2.05) is 80.6 Å². The normalized spacial score (nSPS) is 13.7. The second kappa shape index (κ2) is 11.2. The smallest absolute Gasteiger partial charge is 0.255 e. The predicted molar refractivity (Wildman–Crippen MR) is 147 cm³/mol. The number of anilines is 3. The van der Waals surface area contributed by atoms with Gasteiger partial charge in [-0.15, -0.1) is 11.8 Å². The molecule has 0 aromatic heterocycles. The second-order valence-corrected chi connectivity index (χ2v) is 9.81. The number of carbonyl (C=O) groups is 2. The van der Waals surface area contributed by atoms with Crippen molar-refractivity contribution in [3.05, 3.63) is 84.4 Å². The van der Waals surface area contributed by atoms with Crippen molar-refractivity contribution in [1.29, 1.82) is 0 Å². The largest absolute Gasteiger partial charge is 0.332 e. The molecule has 178 valence electrons. The van der Waals surface area contributed by atoms with Crippen LogP contribution in [0.2, 0.25) is 0 Å². The molecule has 0 fully saturated rings. The van der Waals surface area contributed by atoms with Gasteiger partial charge in [0, 0.05) is 16.3 Å². The Labute approximate surface area is 214 Å². The minimum atomic E-state index is -0.397. The van der Waals surface area contributed by atoms with E-state index in [4.69, 9.17) is 12.2 Å². The molecule has 1 aliphatic heterocycles. The summed E-state index contributed by atoms with van der Waals surface area (Å²) >= 11 is 6.83. The quantitative estimate of drug-likeness (QED) is 0.319. The predicted octanol–water partition coefficient (Wildman–Crippen LogP) is 5.15. The molecule has 1 atom stereocenters. The van der Waals surface area contributed by atoms with E-state index in [1.165, 1.54) is 22.3 Å². The molecule has 4 rings (SSSR count). The molecule has 2 amide bonds. The van der Waals surface area contributed by atoms with E-state index >= 15 is 0 Å². The van der Waals surface area contributed by atoms with Crippen molar-refractivity contribution >= 4 is 63.8 Å². The van der Waals surface area contributed by atoms with Crippen LogP contribution in [0.1, 0.15) is 18.9 Å². The van der Waals surface area contributed by atoms with Crippen LogP contribution in [0.4, 0.5) is 17.1 Å². The van der Waals surface area contributed by atoms with Crippen molar-refractivity contribution in [2.24, 2.45) is 5.10 Å². The van der Waals surface area contributed by atoms with Gasteiger partial charge in [-0.3, -0.25) is 9.59 Å². The van der Waals surface area contributed by atoms with E-state index in [9.17, 15) is 9.59 Å². The number of nitrogens with zero attached hydrogens (tertiary/aromatic N) is 2. The monoisotopic (exact) mass is 503 g/mol. The Bertz CT molecular complexity index is 1260. The summed E-state index contributed by atoms with van der Waals surface area (Å²) < 4.78 is 0. The van der Waals surface area contributed by atoms with Crippen LogP contribution in [0.3, 0.4) is 0 Å². The van der Waals surface area contributed by atoms with Crippen molar-refractivity contribution in [3.8, 4) is 0 Å².